The Morgan fingerprint density at radius 3 is 2.89 bits per heavy atom. The van der Waals surface area contributed by atoms with Crippen LogP contribution in [0.1, 0.15) is 19.8 Å². The molecule has 0 bridgehead atoms. The third-order valence-electron chi connectivity index (χ3n) is 3.64. The molecule has 2 aromatic heterocycles. The van der Waals surface area contributed by atoms with Gasteiger partial charge in [0.1, 0.15) is 12.1 Å². The van der Waals surface area contributed by atoms with Crippen LogP contribution >= 0.6 is 0 Å². The predicted octanol–water partition coefficient (Wildman–Crippen LogP) is 1.26. The van der Waals surface area contributed by atoms with Crippen molar-refractivity contribution >= 4 is 16.9 Å². The average molecular weight is 260 g/mol. The molecule has 1 atom stereocenters. The van der Waals surface area contributed by atoms with Crippen molar-refractivity contribution in [3.8, 4) is 0 Å². The second-order valence-electron chi connectivity index (χ2n) is 5.28. The number of hydrogen-bond donors (Lipinski definition) is 1. The molecule has 0 saturated carbocycles. The van der Waals surface area contributed by atoms with Crippen LogP contribution in [-0.2, 0) is 7.05 Å². The smallest absolute Gasteiger partial charge is 0.163 e. The van der Waals surface area contributed by atoms with E-state index in [1.54, 1.807) is 11.0 Å². The van der Waals surface area contributed by atoms with Crippen LogP contribution in [0.4, 0.5) is 5.82 Å². The lowest BCUT2D eigenvalue weighted by Gasteiger charge is -2.21. The van der Waals surface area contributed by atoms with Gasteiger partial charge in [-0.3, -0.25) is 4.68 Å². The molecule has 1 aliphatic rings. The van der Waals surface area contributed by atoms with Crippen LogP contribution in [0, 0.1) is 0 Å². The van der Waals surface area contributed by atoms with E-state index in [2.05, 4.69) is 32.2 Å². The molecule has 0 amide bonds. The highest BCUT2D eigenvalue weighted by atomic mass is 15.3. The summed E-state index contributed by atoms with van der Waals surface area (Å²) in [6.07, 6.45) is 6.06. The van der Waals surface area contributed by atoms with Crippen molar-refractivity contribution in [3.63, 3.8) is 0 Å². The highest BCUT2D eigenvalue weighted by Gasteiger charge is 2.16. The standard InChI is InChI=1S/C13H20N6/c1-10(8-19-5-3-4-6-19)17-12-11-7-16-18(2)13(11)15-9-14-12/h7,9-10H,3-6,8H2,1-2H3,(H,14,15,17). The van der Waals surface area contributed by atoms with Crippen molar-refractivity contribution in [1.82, 2.24) is 24.6 Å². The lowest BCUT2D eigenvalue weighted by Crippen LogP contribution is -2.33. The van der Waals surface area contributed by atoms with Crippen LogP contribution in [0.2, 0.25) is 0 Å². The maximum absolute atomic E-state index is 4.34. The second-order valence-corrected chi connectivity index (χ2v) is 5.28. The number of rotatable bonds is 4. The zero-order chi connectivity index (χ0) is 13.2. The van der Waals surface area contributed by atoms with Gasteiger partial charge in [-0.25, -0.2) is 9.97 Å². The lowest BCUT2D eigenvalue weighted by molar-refractivity contribution is 0.327. The third-order valence-corrected chi connectivity index (χ3v) is 3.64. The van der Waals surface area contributed by atoms with Crippen LogP contribution in [0.5, 0.6) is 0 Å². The summed E-state index contributed by atoms with van der Waals surface area (Å²) in [7, 11) is 1.90. The fourth-order valence-electron chi connectivity index (χ4n) is 2.71. The van der Waals surface area contributed by atoms with E-state index in [-0.39, 0.29) is 0 Å². The molecule has 2 aromatic rings. The van der Waals surface area contributed by atoms with E-state index in [1.807, 2.05) is 13.2 Å². The number of nitrogens with one attached hydrogen (secondary N) is 1. The molecule has 3 heterocycles. The predicted molar refractivity (Wildman–Crippen MR) is 75.1 cm³/mol. The molecule has 1 N–H and O–H groups in total. The first-order chi connectivity index (χ1) is 9.24. The van der Waals surface area contributed by atoms with E-state index in [1.165, 1.54) is 25.9 Å². The minimum absolute atomic E-state index is 0.372. The summed E-state index contributed by atoms with van der Waals surface area (Å²) >= 11 is 0. The van der Waals surface area contributed by atoms with Gasteiger partial charge in [0.15, 0.2) is 5.65 Å². The maximum atomic E-state index is 4.34. The number of hydrogen-bond acceptors (Lipinski definition) is 5. The highest BCUT2D eigenvalue weighted by molar-refractivity contribution is 5.86. The van der Waals surface area contributed by atoms with Crippen LogP contribution in [0.15, 0.2) is 12.5 Å². The van der Waals surface area contributed by atoms with Crippen LogP contribution < -0.4 is 5.32 Å². The van der Waals surface area contributed by atoms with Crippen molar-refractivity contribution in [3.05, 3.63) is 12.5 Å². The molecular formula is C13H20N6. The molecule has 1 unspecified atom stereocenters. The number of aromatic nitrogens is 4. The zero-order valence-corrected chi connectivity index (χ0v) is 11.5. The number of anilines is 1. The first-order valence-corrected chi connectivity index (χ1v) is 6.85. The molecular weight excluding hydrogens is 240 g/mol. The van der Waals surface area contributed by atoms with Crippen LogP contribution in [-0.4, -0.2) is 50.3 Å². The number of fused-ring (bicyclic) bond motifs is 1. The Morgan fingerprint density at radius 1 is 1.32 bits per heavy atom. The molecule has 6 heteroatoms. The van der Waals surface area contributed by atoms with Gasteiger partial charge in [0.25, 0.3) is 0 Å². The average Bonchev–Trinajstić information content (AvgIpc) is 3.01. The molecule has 19 heavy (non-hydrogen) atoms. The summed E-state index contributed by atoms with van der Waals surface area (Å²) in [4.78, 5) is 11.1. The van der Waals surface area contributed by atoms with Crippen LogP contribution in [0.3, 0.4) is 0 Å². The Kier molecular flexibility index (Phi) is 3.33. The van der Waals surface area contributed by atoms with Gasteiger partial charge in [-0.05, 0) is 32.9 Å². The Morgan fingerprint density at radius 2 is 2.11 bits per heavy atom. The molecule has 0 aromatic carbocycles. The van der Waals surface area contributed by atoms with Gasteiger partial charge in [-0.1, -0.05) is 0 Å². The minimum Gasteiger partial charge on any atom is -0.366 e. The molecule has 0 spiro atoms. The van der Waals surface area contributed by atoms with Gasteiger partial charge in [0, 0.05) is 19.6 Å². The summed E-state index contributed by atoms with van der Waals surface area (Å²) in [6.45, 7) is 5.70. The van der Waals surface area contributed by atoms with Gasteiger partial charge in [-0.2, -0.15) is 5.10 Å². The normalized spacial score (nSPS) is 18.0. The SMILES string of the molecule is CC(CN1CCCC1)Nc1ncnc2c1cnn2C. The van der Waals surface area contributed by atoms with E-state index in [4.69, 9.17) is 0 Å². The first-order valence-electron chi connectivity index (χ1n) is 6.85. The Hall–Kier alpha value is -1.69. The monoisotopic (exact) mass is 260 g/mol. The Labute approximate surface area is 112 Å². The van der Waals surface area contributed by atoms with Crippen molar-refractivity contribution in [2.75, 3.05) is 25.0 Å². The zero-order valence-electron chi connectivity index (χ0n) is 11.5. The topological polar surface area (TPSA) is 58.9 Å². The largest absolute Gasteiger partial charge is 0.366 e. The van der Waals surface area contributed by atoms with E-state index in [0.717, 1.165) is 23.4 Å². The fourth-order valence-corrected chi connectivity index (χ4v) is 2.71. The molecule has 102 valence electrons. The van der Waals surface area contributed by atoms with Gasteiger partial charge in [0.05, 0.1) is 11.6 Å². The van der Waals surface area contributed by atoms with Crippen molar-refractivity contribution in [2.24, 2.45) is 7.05 Å². The molecule has 0 radical (unpaired) electrons. The number of nitrogens with zero attached hydrogens (tertiary/aromatic N) is 5. The van der Waals surface area contributed by atoms with Gasteiger partial charge in [-0.15, -0.1) is 0 Å². The molecule has 1 aliphatic heterocycles. The molecule has 1 saturated heterocycles. The Bertz CT molecular complexity index is 557. The van der Waals surface area contributed by atoms with Gasteiger partial charge < -0.3 is 10.2 Å². The highest BCUT2D eigenvalue weighted by Crippen LogP contribution is 2.19. The number of aryl methyl sites for hydroxylation is 1. The van der Waals surface area contributed by atoms with E-state index in [0.29, 0.717) is 6.04 Å². The Balaban J connectivity index is 1.73. The minimum atomic E-state index is 0.372. The summed E-state index contributed by atoms with van der Waals surface area (Å²) in [5.41, 5.74) is 0.867. The summed E-state index contributed by atoms with van der Waals surface area (Å²) in [5, 5.41) is 8.69. The summed E-state index contributed by atoms with van der Waals surface area (Å²) < 4.78 is 1.77. The van der Waals surface area contributed by atoms with E-state index < -0.39 is 0 Å². The fraction of sp³-hybridized carbons (Fsp3) is 0.615. The van der Waals surface area contributed by atoms with Crippen molar-refractivity contribution in [1.29, 1.82) is 0 Å². The van der Waals surface area contributed by atoms with Gasteiger partial charge in [0.2, 0.25) is 0 Å². The van der Waals surface area contributed by atoms with E-state index >= 15 is 0 Å². The quantitative estimate of drug-likeness (QED) is 0.897. The molecule has 1 fully saturated rings. The molecule has 6 nitrogen and oxygen atoms in total. The van der Waals surface area contributed by atoms with Crippen molar-refractivity contribution in [2.45, 2.75) is 25.8 Å². The third kappa shape index (κ3) is 2.53. The number of likely N-dealkylation sites (tertiary alicyclic amines) is 1. The van der Waals surface area contributed by atoms with Gasteiger partial charge >= 0.3 is 0 Å². The first kappa shape index (κ1) is 12.3. The summed E-state index contributed by atoms with van der Waals surface area (Å²) in [5.74, 6) is 0.879. The maximum Gasteiger partial charge on any atom is 0.163 e. The van der Waals surface area contributed by atoms with Crippen molar-refractivity contribution < 1.29 is 0 Å². The summed E-state index contributed by atoms with van der Waals surface area (Å²) in [6, 6.07) is 0.372. The molecule has 0 aliphatic carbocycles. The lowest BCUT2D eigenvalue weighted by atomic mass is 10.3. The van der Waals surface area contributed by atoms with E-state index in [9.17, 15) is 0 Å². The second kappa shape index (κ2) is 5.13. The van der Waals surface area contributed by atoms with Crippen LogP contribution in [0.25, 0.3) is 11.0 Å². The molecule has 3 rings (SSSR count).